The predicted molar refractivity (Wildman–Crippen MR) is 107 cm³/mol. The molecule has 0 aliphatic carbocycles. The van der Waals surface area contributed by atoms with Crippen LogP contribution in [0.3, 0.4) is 0 Å². The number of methoxy groups -OCH3 is 1. The maximum atomic E-state index is 13.4. The van der Waals surface area contributed by atoms with Crippen LogP contribution in [0, 0.1) is 5.41 Å². The number of amides is 2. The van der Waals surface area contributed by atoms with Gasteiger partial charge in [0.1, 0.15) is 0 Å². The zero-order valence-corrected chi connectivity index (χ0v) is 16.5. The van der Waals surface area contributed by atoms with Gasteiger partial charge in [-0.3, -0.25) is 10.1 Å². The summed E-state index contributed by atoms with van der Waals surface area (Å²) in [4.78, 5) is 29.2. The Labute approximate surface area is 166 Å². The second-order valence-electron chi connectivity index (χ2n) is 8.06. The number of benzene rings is 1. The highest BCUT2D eigenvalue weighted by atomic mass is 16.5. The lowest BCUT2D eigenvalue weighted by Crippen LogP contribution is -2.50. The first kappa shape index (κ1) is 19.1. The Morgan fingerprint density at radius 3 is 2.64 bits per heavy atom. The molecule has 0 saturated carbocycles. The summed E-state index contributed by atoms with van der Waals surface area (Å²) in [6.07, 6.45) is 4.39. The van der Waals surface area contributed by atoms with E-state index in [4.69, 9.17) is 4.74 Å². The van der Waals surface area contributed by atoms with Crippen molar-refractivity contribution >= 4 is 23.4 Å². The summed E-state index contributed by atoms with van der Waals surface area (Å²) in [5.74, 6) is 0.341. The molecular weight excluding hydrogens is 358 g/mol. The van der Waals surface area contributed by atoms with Crippen molar-refractivity contribution in [3.63, 3.8) is 0 Å². The standard InChI is InChI=1S/C21H29N3O4/c1-27-20(26)22-16-3-5-17(6-4-16)23-11-2-9-21(15-23)10-12-24(19(21)25)18-7-13-28-14-8-18/h3-6,18H,2,7-15H2,1H3,(H,22,26)/t21-/m0/s1. The van der Waals surface area contributed by atoms with E-state index in [9.17, 15) is 9.59 Å². The maximum Gasteiger partial charge on any atom is 0.411 e. The molecule has 0 radical (unpaired) electrons. The molecule has 1 atom stereocenters. The Balaban J connectivity index is 1.44. The molecular formula is C21H29N3O4. The van der Waals surface area contributed by atoms with Gasteiger partial charge in [-0.25, -0.2) is 4.79 Å². The molecule has 7 heteroatoms. The fraction of sp³-hybridized carbons (Fsp3) is 0.619. The van der Waals surface area contributed by atoms with Gasteiger partial charge in [-0.1, -0.05) is 0 Å². The minimum Gasteiger partial charge on any atom is -0.453 e. The van der Waals surface area contributed by atoms with Crippen LogP contribution in [0.25, 0.3) is 0 Å². The molecule has 0 bridgehead atoms. The van der Waals surface area contributed by atoms with E-state index in [0.29, 0.717) is 17.6 Å². The number of hydrogen-bond donors (Lipinski definition) is 1. The van der Waals surface area contributed by atoms with E-state index in [1.54, 1.807) is 0 Å². The largest absolute Gasteiger partial charge is 0.453 e. The topological polar surface area (TPSA) is 71.1 Å². The average molecular weight is 387 g/mol. The molecule has 3 fully saturated rings. The summed E-state index contributed by atoms with van der Waals surface area (Å²) in [7, 11) is 1.35. The molecule has 1 spiro atoms. The second kappa shape index (κ2) is 7.99. The van der Waals surface area contributed by atoms with Crippen LogP contribution in [-0.4, -0.2) is 62.9 Å². The van der Waals surface area contributed by atoms with Gasteiger partial charge in [-0.15, -0.1) is 0 Å². The fourth-order valence-electron chi connectivity index (χ4n) is 4.85. The third-order valence-electron chi connectivity index (χ3n) is 6.42. The number of anilines is 2. The van der Waals surface area contributed by atoms with Gasteiger partial charge in [0, 0.05) is 50.3 Å². The third kappa shape index (κ3) is 3.68. The molecule has 3 saturated heterocycles. The smallest absolute Gasteiger partial charge is 0.411 e. The van der Waals surface area contributed by atoms with Gasteiger partial charge in [-0.2, -0.15) is 0 Å². The van der Waals surface area contributed by atoms with Crippen LogP contribution in [0.4, 0.5) is 16.2 Å². The fourth-order valence-corrected chi connectivity index (χ4v) is 4.85. The number of carbonyl (C=O) groups is 2. The average Bonchev–Trinajstić information content (AvgIpc) is 3.04. The van der Waals surface area contributed by atoms with Crippen LogP contribution in [0.2, 0.25) is 0 Å². The van der Waals surface area contributed by atoms with Gasteiger partial charge in [0.2, 0.25) is 5.91 Å². The van der Waals surface area contributed by atoms with E-state index in [1.165, 1.54) is 7.11 Å². The van der Waals surface area contributed by atoms with Crippen molar-refractivity contribution in [1.82, 2.24) is 4.90 Å². The van der Waals surface area contributed by atoms with Crippen molar-refractivity contribution in [2.24, 2.45) is 5.41 Å². The summed E-state index contributed by atoms with van der Waals surface area (Å²) in [5.41, 5.74) is 1.54. The Kier molecular flexibility index (Phi) is 5.44. The van der Waals surface area contributed by atoms with E-state index in [1.807, 2.05) is 24.3 Å². The molecule has 152 valence electrons. The van der Waals surface area contributed by atoms with Crippen LogP contribution in [-0.2, 0) is 14.3 Å². The minimum absolute atomic E-state index is 0.251. The van der Waals surface area contributed by atoms with Crippen molar-refractivity contribution in [3.05, 3.63) is 24.3 Å². The van der Waals surface area contributed by atoms with Crippen molar-refractivity contribution in [1.29, 1.82) is 0 Å². The third-order valence-corrected chi connectivity index (χ3v) is 6.42. The minimum atomic E-state index is -0.477. The van der Waals surface area contributed by atoms with Gasteiger partial charge in [-0.05, 0) is 56.4 Å². The summed E-state index contributed by atoms with van der Waals surface area (Å²) in [5, 5.41) is 2.67. The van der Waals surface area contributed by atoms with E-state index < -0.39 is 6.09 Å². The molecule has 0 aromatic heterocycles. The molecule has 3 aliphatic heterocycles. The first-order valence-electron chi connectivity index (χ1n) is 10.2. The highest BCUT2D eigenvalue weighted by Gasteiger charge is 2.50. The van der Waals surface area contributed by atoms with Crippen LogP contribution in [0.1, 0.15) is 32.1 Å². The van der Waals surface area contributed by atoms with Crippen LogP contribution in [0.5, 0.6) is 0 Å². The van der Waals surface area contributed by atoms with Gasteiger partial charge in [0.05, 0.1) is 12.5 Å². The van der Waals surface area contributed by atoms with Crippen LogP contribution >= 0.6 is 0 Å². The summed E-state index contributed by atoms with van der Waals surface area (Å²) < 4.78 is 10.1. The van der Waals surface area contributed by atoms with E-state index >= 15 is 0 Å². The van der Waals surface area contributed by atoms with E-state index in [0.717, 1.165) is 70.6 Å². The molecule has 1 N–H and O–H groups in total. The lowest BCUT2D eigenvalue weighted by Gasteiger charge is -2.41. The first-order valence-corrected chi connectivity index (χ1v) is 10.2. The van der Waals surface area contributed by atoms with Crippen LogP contribution < -0.4 is 10.2 Å². The van der Waals surface area contributed by atoms with Crippen molar-refractivity contribution in [2.45, 2.75) is 38.1 Å². The highest BCUT2D eigenvalue weighted by molar-refractivity contribution is 5.86. The number of piperidine rings is 1. The van der Waals surface area contributed by atoms with E-state index in [2.05, 4.69) is 19.9 Å². The second-order valence-corrected chi connectivity index (χ2v) is 8.06. The maximum absolute atomic E-state index is 13.4. The number of ether oxygens (including phenoxy) is 2. The number of nitrogens with zero attached hydrogens (tertiary/aromatic N) is 2. The number of carbonyl (C=O) groups excluding carboxylic acids is 2. The summed E-state index contributed by atoms with van der Waals surface area (Å²) in [6.45, 7) is 4.13. The highest BCUT2D eigenvalue weighted by Crippen LogP contribution is 2.43. The lowest BCUT2D eigenvalue weighted by atomic mass is 9.78. The van der Waals surface area contributed by atoms with Crippen molar-refractivity contribution in [3.8, 4) is 0 Å². The van der Waals surface area contributed by atoms with E-state index in [-0.39, 0.29) is 5.41 Å². The van der Waals surface area contributed by atoms with Crippen LogP contribution in [0.15, 0.2) is 24.3 Å². The first-order chi connectivity index (χ1) is 13.6. The monoisotopic (exact) mass is 387 g/mol. The normalized spacial score (nSPS) is 26.0. The number of hydrogen-bond acceptors (Lipinski definition) is 5. The molecule has 28 heavy (non-hydrogen) atoms. The molecule has 0 unspecified atom stereocenters. The molecule has 2 amide bonds. The lowest BCUT2D eigenvalue weighted by molar-refractivity contribution is -0.139. The quantitative estimate of drug-likeness (QED) is 0.864. The van der Waals surface area contributed by atoms with Crippen molar-refractivity contribution < 1.29 is 19.1 Å². The molecule has 1 aromatic carbocycles. The summed E-state index contributed by atoms with van der Waals surface area (Å²) >= 11 is 0. The van der Waals surface area contributed by atoms with Gasteiger partial charge < -0.3 is 19.3 Å². The molecule has 1 aromatic rings. The van der Waals surface area contributed by atoms with Gasteiger partial charge >= 0.3 is 6.09 Å². The molecule has 7 nitrogen and oxygen atoms in total. The summed E-state index contributed by atoms with van der Waals surface area (Å²) in [6, 6.07) is 8.09. The Morgan fingerprint density at radius 1 is 1.18 bits per heavy atom. The van der Waals surface area contributed by atoms with Gasteiger partial charge in [0.25, 0.3) is 0 Å². The number of likely N-dealkylation sites (tertiary alicyclic amines) is 1. The molecule has 3 aliphatic rings. The Bertz CT molecular complexity index is 717. The zero-order chi connectivity index (χ0) is 19.6. The Morgan fingerprint density at radius 2 is 1.93 bits per heavy atom. The SMILES string of the molecule is COC(=O)Nc1ccc(N2CCC[C@]3(CCN(C4CCOCC4)C3=O)C2)cc1. The molecule has 3 heterocycles. The number of nitrogens with one attached hydrogen (secondary N) is 1. The number of rotatable bonds is 3. The van der Waals surface area contributed by atoms with Gasteiger partial charge in [0.15, 0.2) is 0 Å². The Hall–Kier alpha value is -2.28. The predicted octanol–water partition coefficient (Wildman–Crippen LogP) is 2.86. The van der Waals surface area contributed by atoms with Crippen molar-refractivity contribution in [2.75, 3.05) is 50.2 Å². The zero-order valence-electron chi connectivity index (χ0n) is 16.5. The molecule has 4 rings (SSSR count).